The molecule has 1 atom stereocenters. The van der Waals surface area contributed by atoms with Crippen molar-refractivity contribution in [1.29, 1.82) is 5.26 Å². The van der Waals surface area contributed by atoms with Crippen LogP contribution in [0.4, 0.5) is 0 Å². The van der Waals surface area contributed by atoms with Crippen LogP contribution in [0.2, 0.25) is 0 Å². The zero-order chi connectivity index (χ0) is 16.9. The summed E-state index contributed by atoms with van der Waals surface area (Å²) in [6.45, 7) is 1.83. The van der Waals surface area contributed by atoms with Gasteiger partial charge in [0.05, 0.1) is 11.8 Å². The maximum atomic E-state index is 12.3. The fourth-order valence-electron chi connectivity index (χ4n) is 1.95. The van der Waals surface area contributed by atoms with Gasteiger partial charge in [0, 0.05) is 16.6 Å². The number of thiazole rings is 1. The van der Waals surface area contributed by atoms with Gasteiger partial charge in [-0.2, -0.15) is 5.26 Å². The third-order valence-electron chi connectivity index (χ3n) is 3.10. The number of carbonyl (C=O) groups excluding carboxylic acids is 1. The molecule has 8 heteroatoms. The standard InChI is InChI=1S/C16H12N4O2S2/c1-10-8-23-15(18-10)12(7-17)13(21)9-24-16-20-19-14(22-16)11-5-3-2-4-6-11/h2-6,8,12H,9H2,1H3/t12-/m0/s1. The quantitative estimate of drug-likeness (QED) is 0.624. The second kappa shape index (κ2) is 7.38. The number of benzene rings is 1. The Labute approximate surface area is 146 Å². The lowest BCUT2D eigenvalue weighted by Crippen LogP contribution is -2.13. The molecule has 0 saturated carbocycles. The summed E-state index contributed by atoms with van der Waals surface area (Å²) in [5, 5.41) is 19.8. The molecule has 2 aromatic heterocycles. The minimum Gasteiger partial charge on any atom is -0.411 e. The van der Waals surface area contributed by atoms with Gasteiger partial charge in [0.1, 0.15) is 5.01 Å². The van der Waals surface area contributed by atoms with E-state index in [9.17, 15) is 10.1 Å². The maximum absolute atomic E-state index is 12.3. The lowest BCUT2D eigenvalue weighted by molar-refractivity contribution is -0.116. The third kappa shape index (κ3) is 3.69. The molecule has 0 bridgehead atoms. The van der Waals surface area contributed by atoms with Crippen LogP contribution in [0.1, 0.15) is 16.6 Å². The van der Waals surface area contributed by atoms with Gasteiger partial charge in [0.2, 0.25) is 5.89 Å². The first kappa shape index (κ1) is 16.4. The van der Waals surface area contributed by atoms with Gasteiger partial charge in [-0.1, -0.05) is 30.0 Å². The van der Waals surface area contributed by atoms with Crippen LogP contribution in [0, 0.1) is 18.3 Å². The van der Waals surface area contributed by atoms with Crippen LogP contribution in [0.3, 0.4) is 0 Å². The van der Waals surface area contributed by atoms with Gasteiger partial charge in [-0.25, -0.2) is 4.98 Å². The van der Waals surface area contributed by atoms with Crippen molar-refractivity contribution in [3.05, 3.63) is 46.4 Å². The van der Waals surface area contributed by atoms with Crippen molar-refractivity contribution >= 4 is 28.9 Å². The van der Waals surface area contributed by atoms with Gasteiger partial charge in [-0.3, -0.25) is 4.79 Å². The number of rotatable bonds is 6. The molecular weight excluding hydrogens is 344 g/mol. The predicted molar refractivity (Wildman–Crippen MR) is 90.7 cm³/mol. The highest BCUT2D eigenvalue weighted by Crippen LogP contribution is 2.26. The second-order valence-corrected chi connectivity index (χ2v) is 6.70. The number of nitriles is 1. The second-order valence-electron chi connectivity index (χ2n) is 4.88. The Bertz CT molecular complexity index is 883. The molecule has 0 N–H and O–H groups in total. The van der Waals surface area contributed by atoms with Crippen molar-refractivity contribution in [2.24, 2.45) is 0 Å². The molecule has 3 aromatic rings. The van der Waals surface area contributed by atoms with Gasteiger partial charge in [-0.05, 0) is 19.1 Å². The van der Waals surface area contributed by atoms with E-state index in [4.69, 9.17) is 4.42 Å². The van der Waals surface area contributed by atoms with Gasteiger partial charge in [-0.15, -0.1) is 21.5 Å². The number of nitrogens with zero attached hydrogens (tertiary/aromatic N) is 4. The van der Waals surface area contributed by atoms with E-state index < -0.39 is 5.92 Å². The smallest absolute Gasteiger partial charge is 0.277 e. The fourth-order valence-corrected chi connectivity index (χ4v) is 3.48. The highest BCUT2D eigenvalue weighted by Gasteiger charge is 2.24. The van der Waals surface area contributed by atoms with E-state index in [-0.39, 0.29) is 11.5 Å². The van der Waals surface area contributed by atoms with Crippen LogP contribution in [0.15, 0.2) is 45.4 Å². The van der Waals surface area contributed by atoms with E-state index in [0.29, 0.717) is 16.1 Å². The minimum absolute atomic E-state index is 0.0767. The number of ketones is 1. The van der Waals surface area contributed by atoms with Crippen LogP contribution in [0.5, 0.6) is 0 Å². The Hall–Kier alpha value is -2.50. The van der Waals surface area contributed by atoms with Crippen molar-refractivity contribution in [2.75, 3.05) is 5.75 Å². The number of hydrogen-bond acceptors (Lipinski definition) is 8. The Morgan fingerprint density at radius 3 is 2.83 bits per heavy atom. The number of hydrogen-bond donors (Lipinski definition) is 0. The van der Waals surface area contributed by atoms with Crippen molar-refractivity contribution in [3.8, 4) is 17.5 Å². The molecule has 3 rings (SSSR count). The van der Waals surface area contributed by atoms with Gasteiger partial charge in [0.15, 0.2) is 11.7 Å². The molecule has 0 fully saturated rings. The molecule has 0 amide bonds. The van der Waals surface area contributed by atoms with E-state index in [1.54, 1.807) is 0 Å². The molecule has 0 spiro atoms. The van der Waals surface area contributed by atoms with Crippen molar-refractivity contribution in [3.63, 3.8) is 0 Å². The SMILES string of the molecule is Cc1csc([C@@H](C#N)C(=O)CSc2nnc(-c3ccccc3)o2)n1. The molecule has 2 heterocycles. The normalized spacial score (nSPS) is 11.8. The molecule has 0 saturated heterocycles. The summed E-state index contributed by atoms with van der Waals surface area (Å²) in [5.74, 6) is -0.602. The van der Waals surface area contributed by atoms with E-state index in [1.807, 2.05) is 48.7 Å². The summed E-state index contributed by atoms with van der Waals surface area (Å²) >= 11 is 2.44. The van der Waals surface area contributed by atoms with Gasteiger partial charge < -0.3 is 4.42 Å². The largest absolute Gasteiger partial charge is 0.411 e. The molecule has 6 nitrogen and oxygen atoms in total. The highest BCUT2D eigenvalue weighted by atomic mass is 32.2. The van der Waals surface area contributed by atoms with Gasteiger partial charge in [0.25, 0.3) is 5.22 Å². The van der Waals surface area contributed by atoms with Crippen LogP contribution < -0.4 is 0 Å². The number of aryl methyl sites for hydroxylation is 1. The Morgan fingerprint density at radius 1 is 1.38 bits per heavy atom. The fraction of sp³-hybridized carbons (Fsp3) is 0.188. The molecular formula is C16H12N4O2S2. The number of Topliss-reactive ketones (excluding diaryl/α,β-unsaturated/α-hetero) is 1. The first-order valence-electron chi connectivity index (χ1n) is 7.03. The minimum atomic E-state index is -0.854. The first-order valence-corrected chi connectivity index (χ1v) is 8.90. The lowest BCUT2D eigenvalue weighted by atomic mass is 10.1. The molecule has 1 aromatic carbocycles. The van der Waals surface area contributed by atoms with E-state index in [1.165, 1.54) is 11.3 Å². The zero-order valence-corrected chi connectivity index (χ0v) is 14.3. The number of carbonyl (C=O) groups is 1. The van der Waals surface area contributed by atoms with Gasteiger partial charge >= 0.3 is 0 Å². The average molecular weight is 356 g/mol. The Morgan fingerprint density at radius 2 is 2.17 bits per heavy atom. The summed E-state index contributed by atoms with van der Waals surface area (Å²) < 4.78 is 5.54. The summed E-state index contributed by atoms with van der Waals surface area (Å²) in [6, 6.07) is 11.4. The maximum Gasteiger partial charge on any atom is 0.277 e. The molecule has 0 radical (unpaired) electrons. The molecule has 0 aliphatic rings. The lowest BCUT2D eigenvalue weighted by Gasteiger charge is -2.02. The van der Waals surface area contributed by atoms with E-state index in [2.05, 4.69) is 15.2 Å². The molecule has 120 valence electrons. The first-order chi connectivity index (χ1) is 11.7. The number of aromatic nitrogens is 3. The van der Waals surface area contributed by atoms with Crippen LogP contribution in [-0.2, 0) is 4.79 Å². The van der Waals surface area contributed by atoms with E-state index >= 15 is 0 Å². The molecule has 24 heavy (non-hydrogen) atoms. The Balaban J connectivity index is 1.64. The van der Waals surface area contributed by atoms with Crippen molar-refractivity contribution in [1.82, 2.24) is 15.2 Å². The predicted octanol–water partition coefficient (Wildman–Crippen LogP) is 3.47. The summed E-state index contributed by atoms with van der Waals surface area (Å²) in [4.78, 5) is 16.5. The van der Waals surface area contributed by atoms with Crippen LogP contribution >= 0.6 is 23.1 Å². The third-order valence-corrected chi connectivity index (χ3v) is 4.97. The molecule has 0 unspecified atom stereocenters. The zero-order valence-electron chi connectivity index (χ0n) is 12.7. The molecule has 0 aliphatic carbocycles. The van der Waals surface area contributed by atoms with Crippen molar-refractivity contribution < 1.29 is 9.21 Å². The van der Waals surface area contributed by atoms with Crippen LogP contribution in [-0.4, -0.2) is 26.7 Å². The van der Waals surface area contributed by atoms with Crippen molar-refractivity contribution in [2.45, 2.75) is 18.1 Å². The summed E-state index contributed by atoms with van der Waals surface area (Å²) in [6.07, 6.45) is 0. The Kier molecular flexibility index (Phi) is 5.03. The highest BCUT2D eigenvalue weighted by molar-refractivity contribution is 7.99. The monoisotopic (exact) mass is 356 g/mol. The van der Waals surface area contributed by atoms with Crippen LogP contribution in [0.25, 0.3) is 11.5 Å². The topological polar surface area (TPSA) is 92.7 Å². The molecule has 0 aliphatic heterocycles. The van der Waals surface area contributed by atoms with E-state index in [0.717, 1.165) is 23.0 Å². The number of thioether (sulfide) groups is 1. The average Bonchev–Trinajstić information content (AvgIpc) is 3.24. The summed E-state index contributed by atoms with van der Waals surface area (Å²) in [7, 11) is 0. The summed E-state index contributed by atoms with van der Waals surface area (Å²) in [5.41, 5.74) is 1.62.